The molecule has 138 valence electrons. The molecule has 4 aromatic carbocycles. The Kier molecular flexibility index (Phi) is 5.17. The number of rotatable bonds is 5. The summed E-state index contributed by atoms with van der Waals surface area (Å²) in [6.45, 7) is 4.50. The molecule has 0 bridgehead atoms. The first-order valence-corrected chi connectivity index (χ1v) is 10.2. The lowest BCUT2D eigenvalue weighted by Gasteiger charge is -2.44. The molecule has 0 amide bonds. The summed E-state index contributed by atoms with van der Waals surface area (Å²) in [5.74, 6) is 0.529. The Balaban J connectivity index is 2.07. The van der Waals surface area contributed by atoms with Gasteiger partial charge in [0, 0.05) is 0 Å². The van der Waals surface area contributed by atoms with Crippen LogP contribution in [0.3, 0.4) is 0 Å². The van der Waals surface area contributed by atoms with Crippen LogP contribution in [0.15, 0.2) is 115 Å². The van der Waals surface area contributed by atoms with Gasteiger partial charge in [-0.15, -0.1) is 0 Å². The predicted molar refractivity (Wildman–Crippen MR) is 124 cm³/mol. The summed E-state index contributed by atoms with van der Waals surface area (Å²) >= 11 is 0. The standard InChI is InChI=1S/C27H26B/c1-22(2)23-18-20-27(21-19-23)28(24-12-6-3-7-13-24,25-14-8-4-9-15-25)26-16-10-5-11-17-26/h3-22H,1-2H3/q-1. The smallest absolute Gasteiger partial charge is 0.108 e. The third-order valence-electron chi connectivity index (χ3n) is 6.00. The van der Waals surface area contributed by atoms with Gasteiger partial charge in [0.15, 0.2) is 0 Å². The summed E-state index contributed by atoms with van der Waals surface area (Å²) in [4.78, 5) is 0. The second-order valence-electron chi connectivity index (χ2n) is 7.92. The van der Waals surface area contributed by atoms with E-state index >= 15 is 0 Å². The van der Waals surface area contributed by atoms with E-state index < -0.39 is 6.15 Å². The van der Waals surface area contributed by atoms with Gasteiger partial charge in [0.25, 0.3) is 0 Å². The van der Waals surface area contributed by atoms with Gasteiger partial charge in [-0.05, 0) is 11.5 Å². The van der Waals surface area contributed by atoms with Crippen molar-refractivity contribution in [3.05, 3.63) is 121 Å². The van der Waals surface area contributed by atoms with E-state index in [1.54, 1.807) is 0 Å². The fourth-order valence-corrected chi connectivity index (χ4v) is 4.55. The van der Waals surface area contributed by atoms with Crippen LogP contribution in [-0.4, -0.2) is 6.15 Å². The third kappa shape index (κ3) is 3.18. The van der Waals surface area contributed by atoms with Crippen molar-refractivity contribution in [3.63, 3.8) is 0 Å². The van der Waals surface area contributed by atoms with Crippen LogP contribution in [-0.2, 0) is 0 Å². The Bertz CT molecular complexity index is 907. The van der Waals surface area contributed by atoms with Gasteiger partial charge < -0.3 is 0 Å². The van der Waals surface area contributed by atoms with Crippen LogP contribution in [0.25, 0.3) is 0 Å². The van der Waals surface area contributed by atoms with Crippen molar-refractivity contribution >= 4 is 28.0 Å². The van der Waals surface area contributed by atoms with Gasteiger partial charge in [-0.2, -0.15) is 21.9 Å². The molecule has 1 heteroatoms. The van der Waals surface area contributed by atoms with Crippen molar-refractivity contribution in [3.8, 4) is 0 Å². The molecule has 0 nitrogen and oxygen atoms in total. The van der Waals surface area contributed by atoms with Gasteiger partial charge in [0.1, 0.15) is 6.15 Å². The summed E-state index contributed by atoms with van der Waals surface area (Å²) < 4.78 is 0. The van der Waals surface area contributed by atoms with E-state index in [0.29, 0.717) is 5.92 Å². The average Bonchev–Trinajstić information content (AvgIpc) is 2.77. The summed E-state index contributed by atoms with van der Waals surface area (Å²) in [5.41, 5.74) is 6.77. The van der Waals surface area contributed by atoms with Gasteiger partial charge >= 0.3 is 0 Å². The Morgan fingerprint density at radius 3 is 1.07 bits per heavy atom. The minimum absolute atomic E-state index is 0.529. The lowest BCUT2D eigenvalue weighted by Crippen LogP contribution is -2.74. The van der Waals surface area contributed by atoms with E-state index in [9.17, 15) is 0 Å². The minimum Gasteiger partial charge on any atom is -0.195 e. The van der Waals surface area contributed by atoms with Gasteiger partial charge in [0.2, 0.25) is 0 Å². The van der Waals surface area contributed by atoms with Gasteiger partial charge in [-0.1, -0.05) is 129 Å². The Morgan fingerprint density at radius 2 is 0.750 bits per heavy atom. The SMILES string of the molecule is CC(C)c1ccc([B-](c2ccccc2)(c2ccccc2)c2ccccc2)cc1. The fraction of sp³-hybridized carbons (Fsp3) is 0.111. The highest BCUT2D eigenvalue weighted by molar-refractivity contribution is 7.19. The molecule has 4 rings (SSSR count). The van der Waals surface area contributed by atoms with E-state index in [0.717, 1.165) is 0 Å². The third-order valence-corrected chi connectivity index (χ3v) is 6.00. The second kappa shape index (κ2) is 7.90. The molecule has 0 N–H and O–H groups in total. The van der Waals surface area contributed by atoms with Crippen molar-refractivity contribution < 1.29 is 0 Å². The summed E-state index contributed by atoms with van der Waals surface area (Å²) in [7, 11) is 0. The maximum Gasteiger partial charge on any atom is 0.108 e. The van der Waals surface area contributed by atoms with Crippen LogP contribution in [0, 0.1) is 0 Å². The van der Waals surface area contributed by atoms with Gasteiger partial charge in [-0.3, -0.25) is 0 Å². The van der Waals surface area contributed by atoms with Crippen LogP contribution in [0.5, 0.6) is 0 Å². The summed E-state index contributed by atoms with van der Waals surface area (Å²) in [6, 6.07) is 42.1. The molecule has 0 saturated heterocycles. The Hall–Kier alpha value is -3.06. The number of benzene rings is 4. The monoisotopic (exact) mass is 361 g/mol. The summed E-state index contributed by atoms with van der Waals surface area (Å²) in [5, 5.41) is 0. The van der Waals surface area contributed by atoms with Crippen LogP contribution < -0.4 is 21.9 Å². The summed E-state index contributed by atoms with van der Waals surface area (Å²) in [6.07, 6.45) is -1.25. The van der Waals surface area contributed by atoms with E-state index in [1.165, 1.54) is 27.4 Å². The number of hydrogen-bond acceptors (Lipinski definition) is 0. The average molecular weight is 361 g/mol. The molecule has 0 aromatic heterocycles. The Labute approximate surface area is 168 Å². The number of hydrogen-bond donors (Lipinski definition) is 0. The minimum atomic E-state index is -1.25. The highest BCUT2D eigenvalue weighted by Crippen LogP contribution is 2.15. The van der Waals surface area contributed by atoms with E-state index in [2.05, 4.69) is 129 Å². The molecular formula is C27H26B-. The Morgan fingerprint density at radius 1 is 0.429 bits per heavy atom. The van der Waals surface area contributed by atoms with Gasteiger partial charge in [0.05, 0.1) is 0 Å². The second-order valence-corrected chi connectivity index (χ2v) is 7.92. The molecule has 0 aliphatic rings. The molecule has 0 saturated carbocycles. The lowest BCUT2D eigenvalue weighted by molar-refractivity contribution is 0.867. The van der Waals surface area contributed by atoms with Crippen molar-refractivity contribution in [2.24, 2.45) is 0 Å². The zero-order valence-electron chi connectivity index (χ0n) is 16.6. The topological polar surface area (TPSA) is 0 Å². The molecule has 0 spiro atoms. The quantitative estimate of drug-likeness (QED) is 0.468. The van der Waals surface area contributed by atoms with Crippen molar-refractivity contribution in [2.45, 2.75) is 19.8 Å². The molecule has 0 fully saturated rings. The molecule has 0 heterocycles. The van der Waals surface area contributed by atoms with Crippen LogP contribution in [0.2, 0.25) is 0 Å². The van der Waals surface area contributed by atoms with E-state index in [-0.39, 0.29) is 0 Å². The maximum atomic E-state index is 2.34. The van der Waals surface area contributed by atoms with Crippen LogP contribution in [0.1, 0.15) is 25.3 Å². The maximum absolute atomic E-state index is 2.34. The van der Waals surface area contributed by atoms with Crippen molar-refractivity contribution in [1.29, 1.82) is 0 Å². The fourth-order valence-electron chi connectivity index (χ4n) is 4.55. The van der Waals surface area contributed by atoms with E-state index in [4.69, 9.17) is 0 Å². The first-order chi connectivity index (χ1) is 13.7. The predicted octanol–water partition coefficient (Wildman–Crippen LogP) is 4.19. The zero-order valence-corrected chi connectivity index (χ0v) is 16.6. The zero-order chi connectivity index (χ0) is 19.4. The highest BCUT2D eigenvalue weighted by atomic mass is 14.1. The van der Waals surface area contributed by atoms with Crippen molar-refractivity contribution in [1.82, 2.24) is 0 Å². The van der Waals surface area contributed by atoms with Gasteiger partial charge in [-0.25, -0.2) is 0 Å². The molecule has 0 radical (unpaired) electrons. The van der Waals surface area contributed by atoms with Crippen molar-refractivity contribution in [2.75, 3.05) is 0 Å². The highest BCUT2D eigenvalue weighted by Gasteiger charge is 2.31. The van der Waals surface area contributed by atoms with E-state index in [1.807, 2.05) is 0 Å². The molecule has 0 atom stereocenters. The molecule has 4 aromatic rings. The molecular weight excluding hydrogens is 335 g/mol. The molecule has 0 unspecified atom stereocenters. The normalized spacial score (nSPS) is 11.5. The first kappa shape index (κ1) is 18.3. The molecule has 0 aliphatic carbocycles. The lowest BCUT2D eigenvalue weighted by atomic mass is 9.13. The largest absolute Gasteiger partial charge is 0.195 e. The molecule has 28 heavy (non-hydrogen) atoms. The first-order valence-electron chi connectivity index (χ1n) is 10.2. The molecule has 0 aliphatic heterocycles. The van der Waals surface area contributed by atoms with Crippen LogP contribution >= 0.6 is 0 Å². The van der Waals surface area contributed by atoms with Crippen LogP contribution in [0.4, 0.5) is 0 Å².